The number of aromatic nitrogens is 7. The second-order valence-electron chi connectivity index (χ2n) is 8.66. The number of alkyl halides is 4. The summed E-state index contributed by atoms with van der Waals surface area (Å²) in [5.41, 5.74) is -4.29. The van der Waals surface area contributed by atoms with Crippen LogP contribution in [0.25, 0.3) is 28.3 Å². The first-order valence-electron chi connectivity index (χ1n) is 11.1. The summed E-state index contributed by atoms with van der Waals surface area (Å²) in [5, 5.41) is 8.56. The molecular weight excluding hydrogens is 520 g/mol. The molecule has 0 aromatic carbocycles. The maximum atomic E-state index is 13.4. The molecule has 1 aliphatic heterocycles. The number of sulfonamides is 1. The molecule has 11 nitrogen and oxygen atoms in total. The Labute approximate surface area is 208 Å². The maximum Gasteiger partial charge on any atom is 0.511 e. The molecule has 0 radical (unpaired) electrons. The molecule has 0 bridgehead atoms. The highest BCUT2D eigenvalue weighted by Crippen LogP contribution is 2.40. The lowest BCUT2D eigenvalue weighted by molar-refractivity contribution is -0.0576. The Balaban J connectivity index is 1.48. The van der Waals surface area contributed by atoms with Crippen LogP contribution in [0.1, 0.15) is 6.42 Å². The smallest absolute Gasteiger partial charge is 0.383 e. The van der Waals surface area contributed by atoms with Gasteiger partial charge in [0, 0.05) is 63.0 Å². The highest BCUT2D eigenvalue weighted by Gasteiger charge is 2.58. The van der Waals surface area contributed by atoms with Crippen molar-refractivity contribution in [2.45, 2.75) is 24.0 Å². The van der Waals surface area contributed by atoms with Gasteiger partial charge in [0.15, 0.2) is 0 Å². The van der Waals surface area contributed by atoms with Gasteiger partial charge in [-0.25, -0.2) is 18.4 Å². The molecule has 198 valence electrons. The van der Waals surface area contributed by atoms with Crippen LogP contribution in [-0.4, -0.2) is 85.6 Å². The van der Waals surface area contributed by atoms with Crippen molar-refractivity contribution in [2.24, 2.45) is 0 Å². The number of ether oxygens (including phenoxy) is 1. The first-order chi connectivity index (χ1) is 17.6. The number of rotatable bonds is 9. The summed E-state index contributed by atoms with van der Waals surface area (Å²) in [6.07, 6.45) is 9.53. The summed E-state index contributed by atoms with van der Waals surface area (Å²) < 4.78 is 86.0. The van der Waals surface area contributed by atoms with E-state index >= 15 is 0 Å². The molecule has 0 aliphatic carbocycles. The van der Waals surface area contributed by atoms with Gasteiger partial charge in [-0.3, -0.25) is 18.2 Å². The topological polar surface area (TPSA) is 112 Å². The van der Waals surface area contributed by atoms with E-state index in [1.807, 2.05) is 6.20 Å². The molecule has 4 aromatic heterocycles. The largest absolute Gasteiger partial charge is 0.511 e. The molecule has 0 atom stereocenters. The second kappa shape index (κ2) is 9.18. The molecule has 4 aromatic rings. The van der Waals surface area contributed by atoms with E-state index in [1.165, 1.54) is 17.1 Å². The molecule has 16 heteroatoms. The average molecular weight is 543 g/mol. The van der Waals surface area contributed by atoms with Crippen molar-refractivity contribution < 1.29 is 30.7 Å². The number of hydrogen-bond donors (Lipinski definition) is 0. The van der Waals surface area contributed by atoms with Crippen molar-refractivity contribution in [3.05, 3.63) is 43.2 Å². The molecule has 0 N–H and O–H groups in total. The fourth-order valence-electron chi connectivity index (χ4n) is 4.30. The number of imidazole rings is 1. The van der Waals surface area contributed by atoms with Crippen LogP contribution in [-0.2, 0) is 26.8 Å². The van der Waals surface area contributed by atoms with Crippen LogP contribution in [0.3, 0.4) is 0 Å². The SMILES string of the molecule is COCCn1cc(-c2cc3nccn3c(-c3cnn(C4(CCF)CN(S(=O)(=O)C(F)(F)F)C4)c3)n2)cn1. The molecule has 0 saturated carbocycles. The van der Waals surface area contributed by atoms with E-state index in [2.05, 4.69) is 15.2 Å². The Hall–Kier alpha value is -3.37. The van der Waals surface area contributed by atoms with Crippen molar-refractivity contribution in [1.82, 2.24) is 38.2 Å². The Kier molecular flexibility index (Phi) is 6.27. The summed E-state index contributed by atoms with van der Waals surface area (Å²) in [4.78, 5) is 9.07. The number of hydrogen-bond acceptors (Lipinski definition) is 7. The van der Waals surface area contributed by atoms with Crippen molar-refractivity contribution >= 4 is 15.7 Å². The van der Waals surface area contributed by atoms with E-state index in [-0.39, 0.29) is 10.7 Å². The van der Waals surface area contributed by atoms with Gasteiger partial charge in [-0.2, -0.15) is 27.7 Å². The number of nitrogens with zero attached hydrogens (tertiary/aromatic N) is 8. The zero-order valence-electron chi connectivity index (χ0n) is 19.5. The molecule has 1 aliphatic rings. The zero-order chi connectivity index (χ0) is 26.4. The molecule has 37 heavy (non-hydrogen) atoms. The lowest BCUT2D eigenvalue weighted by Crippen LogP contribution is -2.66. The lowest BCUT2D eigenvalue weighted by atomic mass is 9.89. The van der Waals surface area contributed by atoms with E-state index in [9.17, 15) is 26.0 Å². The van der Waals surface area contributed by atoms with Gasteiger partial charge in [0.25, 0.3) is 0 Å². The van der Waals surface area contributed by atoms with Gasteiger partial charge in [-0.15, -0.1) is 0 Å². The standard InChI is InChI=1S/C21H22F4N8O3S/c1-36-7-6-30-11-15(9-27-30)17-8-18-26-4-5-32(18)19(29-17)16-10-28-33(12-16)20(2-3-22)13-31(14-20)37(34,35)21(23,24)25/h4-5,8-12H,2-3,6-7,13-14H2,1H3. The highest BCUT2D eigenvalue weighted by molar-refractivity contribution is 7.90. The highest BCUT2D eigenvalue weighted by atomic mass is 32.2. The third-order valence-electron chi connectivity index (χ3n) is 6.30. The monoisotopic (exact) mass is 542 g/mol. The van der Waals surface area contributed by atoms with Gasteiger partial charge in [-0.05, 0) is 0 Å². The van der Waals surface area contributed by atoms with E-state index in [0.29, 0.717) is 35.9 Å². The first kappa shape index (κ1) is 25.3. The maximum absolute atomic E-state index is 13.4. The summed E-state index contributed by atoms with van der Waals surface area (Å²) in [6, 6.07) is 1.78. The van der Waals surface area contributed by atoms with Crippen LogP contribution in [0.5, 0.6) is 0 Å². The minimum absolute atomic E-state index is 0.202. The molecular formula is C21H22F4N8O3S. The number of fused-ring (bicyclic) bond motifs is 1. The molecule has 5 rings (SSSR count). The van der Waals surface area contributed by atoms with Gasteiger partial charge in [-0.1, -0.05) is 0 Å². The van der Waals surface area contributed by atoms with Crippen molar-refractivity contribution in [1.29, 1.82) is 0 Å². The van der Waals surface area contributed by atoms with E-state index < -0.39 is 40.8 Å². The van der Waals surface area contributed by atoms with Gasteiger partial charge >= 0.3 is 15.5 Å². The number of halogens is 4. The average Bonchev–Trinajstić information content (AvgIpc) is 3.58. The molecule has 0 amide bonds. The van der Waals surface area contributed by atoms with Gasteiger partial charge < -0.3 is 4.74 Å². The Morgan fingerprint density at radius 1 is 1.14 bits per heavy atom. The second-order valence-corrected chi connectivity index (χ2v) is 10.6. The van der Waals surface area contributed by atoms with Crippen LogP contribution in [0, 0.1) is 0 Å². The molecule has 0 unspecified atom stereocenters. The fourth-order valence-corrected chi connectivity index (χ4v) is 5.41. The Bertz CT molecular complexity index is 1520. The van der Waals surface area contributed by atoms with Crippen LogP contribution in [0.2, 0.25) is 0 Å². The molecule has 1 saturated heterocycles. The van der Waals surface area contributed by atoms with E-state index in [4.69, 9.17) is 9.72 Å². The molecule has 1 fully saturated rings. The third-order valence-corrected chi connectivity index (χ3v) is 7.83. The zero-order valence-corrected chi connectivity index (χ0v) is 20.3. The van der Waals surface area contributed by atoms with Crippen molar-refractivity contribution in [3.8, 4) is 22.6 Å². The van der Waals surface area contributed by atoms with Crippen molar-refractivity contribution in [2.75, 3.05) is 33.5 Å². The van der Waals surface area contributed by atoms with E-state index in [1.54, 1.807) is 40.8 Å². The third kappa shape index (κ3) is 4.38. The Morgan fingerprint density at radius 2 is 1.89 bits per heavy atom. The van der Waals surface area contributed by atoms with Crippen LogP contribution >= 0.6 is 0 Å². The van der Waals surface area contributed by atoms with Crippen LogP contribution in [0.4, 0.5) is 17.6 Å². The lowest BCUT2D eigenvalue weighted by Gasteiger charge is -2.48. The predicted molar refractivity (Wildman–Crippen MR) is 122 cm³/mol. The van der Waals surface area contributed by atoms with Crippen LogP contribution in [0.15, 0.2) is 43.2 Å². The summed E-state index contributed by atoms with van der Waals surface area (Å²) in [5.74, 6) is 0.440. The van der Waals surface area contributed by atoms with Crippen LogP contribution < -0.4 is 0 Å². The number of methoxy groups -OCH3 is 1. The Morgan fingerprint density at radius 3 is 2.59 bits per heavy atom. The van der Waals surface area contributed by atoms with Gasteiger partial charge in [0.1, 0.15) is 11.5 Å². The summed E-state index contributed by atoms with van der Waals surface area (Å²) in [6.45, 7) is -0.912. The van der Waals surface area contributed by atoms with E-state index in [0.717, 1.165) is 5.56 Å². The first-order valence-corrected chi connectivity index (χ1v) is 12.6. The summed E-state index contributed by atoms with van der Waals surface area (Å²) >= 11 is 0. The fraction of sp³-hybridized carbons (Fsp3) is 0.429. The van der Waals surface area contributed by atoms with Gasteiger partial charge in [0.2, 0.25) is 0 Å². The quantitative estimate of drug-likeness (QED) is 0.299. The normalized spacial score (nSPS) is 16.4. The van der Waals surface area contributed by atoms with Gasteiger partial charge in [0.05, 0.1) is 49.0 Å². The minimum atomic E-state index is -5.51. The van der Waals surface area contributed by atoms with Crippen molar-refractivity contribution in [3.63, 3.8) is 0 Å². The molecule has 0 spiro atoms. The predicted octanol–water partition coefficient (Wildman–Crippen LogP) is 2.32. The minimum Gasteiger partial charge on any atom is -0.383 e. The molecule has 5 heterocycles. The summed E-state index contributed by atoms with van der Waals surface area (Å²) in [7, 11) is -3.92.